The van der Waals surface area contributed by atoms with Crippen LogP contribution in [0.1, 0.15) is 108 Å². The third-order valence-electron chi connectivity index (χ3n) is 19.9. The van der Waals surface area contributed by atoms with Gasteiger partial charge in [0.05, 0.1) is 62.2 Å². The average Bonchev–Trinajstić information content (AvgIpc) is 0.824. The summed E-state index contributed by atoms with van der Waals surface area (Å²) in [6.07, 6.45) is 0. The Bertz CT molecular complexity index is 6970. The Morgan fingerprint density at radius 3 is 0.950 bits per heavy atom. The summed E-state index contributed by atoms with van der Waals surface area (Å²) in [5.74, 6) is 0. The van der Waals surface area contributed by atoms with E-state index in [1.807, 2.05) is 131 Å². The third-order valence-corrected chi connectivity index (χ3v) is 19.9. The van der Waals surface area contributed by atoms with Crippen molar-refractivity contribution in [2.45, 2.75) is 78.6 Å². The molecular formula is C96H79BN4. The number of anilines is 6. The molecule has 5 heteroatoms. The maximum absolute atomic E-state index is 12.0. The van der Waals surface area contributed by atoms with Crippen molar-refractivity contribution in [3.63, 3.8) is 0 Å². The summed E-state index contributed by atoms with van der Waals surface area (Å²) >= 11 is 0. The van der Waals surface area contributed by atoms with Crippen molar-refractivity contribution in [2.75, 3.05) is 9.80 Å². The first-order valence-corrected chi connectivity index (χ1v) is 34.1. The smallest absolute Gasteiger partial charge is 0.252 e. The molecule has 2 aliphatic rings. The monoisotopic (exact) mass is 1320 g/mol. The van der Waals surface area contributed by atoms with Gasteiger partial charge in [-0.3, -0.25) is 0 Å². The number of aromatic nitrogens is 2. The van der Waals surface area contributed by atoms with Crippen LogP contribution in [-0.2, 0) is 16.2 Å². The second-order valence-electron chi connectivity index (χ2n) is 29.2. The quantitative estimate of drug-likeness (QED) is 0.134. The van der Waals surface area contributed by atoms with Crippen LogP contribution in [0.5, 0.6) is 0 Å². The fourth-order valence-corrected chi connectivity index (χ4v) is 14.9. The second-order valence-corrected chi connectivity index (χ2v) is 29.2. The van der Waals surface area contributed by atoms with E-state index in [2.05, 4.69) is 98.7 Å². The first-order chi connectivity index (χ1) is 57.8. The summed E-state index contributed by atoms with van der Waals surface area (Å²) in [4.78, 5) is 3.98. The topological polar surface area (TPSA) is 16.3 Å². The van der Waals surface area contributed by atoms with Gasteiger partial charge in [0, 0.05) is 77.9 Å². The zero-order valence-corrected chi connectivity index (χ0v) is 57.3. The first-order valence-electron chi connectivity index (χ1n) is 44.6. The number of para-hydroxylation sites is 4. The minimum Gasteiger partial charge on any atom is -0.310 e. The van der Waals surface area contributed by atoms with E-state index in [0.717, 1.165) is 26.8 Å². The fraction of sp³-hybridized carbons (Fsp3) is 0.125. The van der Waals surface area contributed by atoms with Crippen LogP contribution in [0.2, 0.25) is 0 Å². The lowest BCUT2D eigenvalue weighted by atomic mass is 9.32. The number of benzene rings is 14. The highest BCUT2D eigenvalue weighted by molar-refractivity contribution is 7.01. The van der Waals surface area contributed by atoms with E-state index in [9.17, 15) is 26.0 Å². The van der Waals surface area contributed by atoms with Crippen LogP contribution in [0.25, 0.3) is 111 Å². The van der Waals surface area contributed by atoms with Crippen molar-refractivity contribution in [1.29, 1.82) is 0 Å². The zero-order chi connectivity index (χ0) is 86.9. The zero-order valence-electron chi connectivity index (χ0n) is 78.3. The van der Waals surface area contributed by atoms with Gasteiger partial charge in [-0.25, -0.2) is 0 Å². The molecule has 0 saturated heterocycles. The molecule has 14 aromatic carbocycles. The number of hydrogen-bond donors (Lipinski definition) is 0. The van der Waals surface area contributed by atoms with Crippen molar-refractivity contribution in [1.82, 2.24) is 9.13 Å². The Hall–Kier alpha value is -11.7. The summed E-state index contributed by atoms with van der Waals surface area (Å²) < 4.78 is 214. The standard InChI is InChI=1S/C96H79BN4/c1-94(2,3)67-53-77(63-35-17-11-18-36-63)92(78(54-67)64-37-19-12-20-38-64)100-86-60-70(98-82-47-29-25-43-72(82)73-44-26-30-48-83(73)98)51-52-81(86)97-90-76(62-33-15-10-16-34-62)59-71(99-84-49-31-27-45-74(84)75-46-28-32-50-85(75)99)61-89(90)101(88-58-69(96(7,8)9)57-87(100)91(88)97)93-79(65-39-21-13-22-40-65)55-68(95(4,5)6)56-80(93)66-41-23-14-24-42-66/h10-61H,1-9H3/i25D,26D,27D,28D,29D,30D,31D,32D,43D,44D,45D,46D,47D,48D,49D,50D,51D,52D,59D,60D,61D. The third kappa shape index (κ3) is 10.1. The highest BCUT2D eigenvalue weighted by atomic mass is 15.2. The van der Waals surface area contributed by atoms with Gasteiger partial charge < -0.3 is 18.9 Å². The van der Waals surface area contributed by atoms with Crippen LogP contribution >= 0.6 is 0 Å². The lowest BCUT2D eigenvalue weighted by Crippen LogP contribution is -2.62. The van der Waals surface area contributed by atoms with Gasteiger partial charge in [-0.2, -0.15) is 0 Å². The summed E-state index contributed by atoms with van der Waals surface area (Å²) in [7, 11) is 0. The van der Waals surface area contributed by atoms with Crippen molar-refractivity contribution in [2.24, 2.45) is 0 Å². The van der Waals surface area contributed by atoms with E-state index in [1.54, 1.807) is 30.3 Å². The van der Waals surface area contributed by atoms with E-state index in [1.165, 1.54) is 4.57 Å². The van der Waals surface area contributed by atoms with Gasteiger partial charge >= 0.3 is 0 Å². The van der Waals surface area contributed by atoms with Crippen LogP contribution < -0.4 is 26.2 Å². The molecule has 486 valence electrons. The SMILES string of the molecule is [2H]c1c([2H])c(-n2c3c([2H])c([2H])c([2H])c([2H])c3c3c([2H])c([2H])c([2H])c([2H])c32)c([2H])c2c1B1c3c(cc(C(C)(C)C)cc3N(c3c(-c4ccccc4)cc(C(C)(C)C)cc3-c3ccccc3)c3c([2H])c(-n4c5c([2H])c([2H])c([2H])c([2H])c5c5c([2H])c([2H])c([2H])c([2H])c54)c([2H])c(-c4ccccc4)c31)N2c1c(-c2ccccc2)cc(C(C)(C)C)cc1-c1ccccc1. The molecule has 0 spiro atoms. The van der Waals surface area contributed by atoms with Crippen molar-refractivity contribution in [3.8, 4) is 67.0 Å². The Morgan fingerprint density at radius 2 is 0.594 bits per heavy atom. The van der Waals surface area contributed by atoms with Gasteiger partial charge in [0.1, 0.15) is 0 Å². The van der Waals surface area contributed by atoms with Crippen LogP contribution in [0.3, 0.4) is 0 Å². The van der Waals surface area contributed by atoms with Crippen molar-refractivity contribution in [3.05, 3.63) is 332 Å². The molecule has 16 aromatic rings. The van der Waals surface area contributed by atoms with E-state index in [-0.39, 0.29) is 66.1 Å². The van der Waals surface area contributed by atoms with Crippen LogP contribution in [0, 0.1) is 0 Å². The first kappa shape index (κ1) is 43.0. The lowest BCUT2D eigenvalue weighted by Gasteiger charge is -2.47. The Balaban J connectivity index is 1.16. The lowest BCUT2D eigenvalue weighted by molar-refractivity contribution is 0.590. The number of rotatable bonds is 9. The van der Waals surface area contributed by atoms with Gasteiger partial charge in [-0.05, 0) is 167 Å². The number of fused-ring (bicyclic) bond motifs is 10. The molecule has 18 rings (SSSR count). The van der Waals surface area contributed by atoms with Gasteiger partial charge in [-0.15, -0.1) is 0 Å². The predicted molar refractivity (Wildman–Crippen MR) is 432 cm³/mol. The average molecular weight is 1320 g/mol. The van der Waals surface area contributed by atoms with Crippen molar-refractivity contribution < 1.29 is 28.8 Å². The fourth-order valence-electron chi connectivity index (χ4n) is 14.9. The summed E-state index contributed by atoms with van der Waals surface area (Å²) in [6.45, 7) is 17.4. The second kappa shape index (κ2) is 23.5. The minimum absolute atomic E-state index is 0.00119. The molecule has 0 unspecified atom stereocenters. The van der Waals surface area contributed by atoms with Crippen LogP contribution in [0.4, 0.5) is 34.1 Å². The summed E-state index contributed by atoms with van der Waals surface area (Å²) in [5.41, 5.74) is 5.96. The highest BCUT2D eigenvalue weighted by Gasteiger charge is 2.48. The molecule has 0 fully saturated rings. The van der Waals surface area contributed by atoms with Gasteiger partial charge in [0.2, 0.25) is 0 Å². The Morgan fingerprint density at radius 1 is 0.287 bits per heavy atom. The summed E-state index contributed by atoms with van der Waals surface area (Å²) in [6, 6.07) is 46.4. The Kier molecular flexibility index (Phi) is 10.0. The molecule has 4 nitrogen and oxygen atoms in total. The molecule has 101 heavy (non-hydrogen) atoms. The molecule has 0 bridgehead atoms. The molecule has 0 atom stereocenters. The number of hydrogen-bond acceptors (Lipinski definition) is 2. The molecule has 2 aliphatic heterocycles. The molecule has 0 amide bonds. The van der Waals surface area contributed by atoms with Crippen LogP contribution in [0.15, 0.2) is 315 Å². The summed E-state index contributed by atoms with van der Waals surface area (Å²) in [5, 5.41) is -1.26. The molecule has 0 N–H and O–H groups in total. The molecule has 0 radical (unpaired) electrons. The Labute approximate surface area is 623 Å². The normalized spacial score (nSPS) is 15.9. The predicted octanol–water partition coefficient (Wildman–Crippen LogP) is 24.2. The number of nitrogens with zero attached hydrogens (tertiary/aromatic N) is 4. The van der Waals surface area contributed by atoms with E-state index in [4.69, 9.17) is 2.74 Å². The van der Waals surface area contributed by atoms with Gasteiger partial charge in [-0.1, -0.05) is 293 Å². The molecule has 4 heterocycles. The maximum atomic E-state index is 12.0. The van der Waals surface area contributed by atoms with Gasteiger partial charge in [0.15, 0.2) is 0 Å². The largest absolute Gasteiger partial charge is 0.310 e. The maximum Gasteiger partial charge on any atom is 0.252 e. The van der Waals surface area contributed by atoms with Crippen LogP contribution in [-0.4, -0.2) is 15.8 Å². The van der Waals surface area contributed by atoms with E-state index in [0.29, 0.717) is 72.7 Å². The van der Waals surface area contributed by atoms with Crippen molar-refractivity contribution >= 4 is 101 Å². The molecule has 0 saturated carbocycles. The molecular weight excluding hydrogens is 1220 g/mol. The highest BCUT2D eigenvalue weighted by Crippen LogP contribution is 2.56. The van der Waals surface area contributed by atoms with E-state index >= 15 is 0 Å². The minimum atomic E-state index is -1.53. The van der Waals surface area contributed by atoms with E-state index < -0.39 is 167 Å². The molecule has 0 aliphatic carbocycles. The molecule has 2 aromatic heterocycles. The van der Waals surface area contributed by atoms with Gasteiger partial charge in [0.25, 0.3) is 6.71 Å².